The van der Waals surface area contributed by atoms with Crippen LogP contribution in [0.5, 0.6) is 23.0 Å². The van der Waals surface area contributed by atoms with E-state index in [9.17, 15) is 20.1 Å². The largest absolute Gasteiger partial charge is 0.508 e. The van der Waals surface area contributed by atoms with Gasteiger partial charge < -0.3 is 20.1 Å². The van der Waals surface area contributed by atoms with Gasteiger partial charge in [-0.25, -0.2) is 4.79 Å². The molecule has 0 bridgehead atoms. The Labute approximate surface area is 345 Å². The second kappa shape index (κ2) is 17.5. The number of carbonyl (C=O) groups is 1. The predicted octanol–water partition coefficient (Wildman–Crippen LogP) is 13.5. The summed E-state index contributed by atoms with van der Waals surface area (Å²) in [7, 11) is 0. The van der Waals surface area contributed by atoms with Crippen molar-refractivity contribution in [1.29, 1.82) is 0 Å². The monoisotopic (exact) mass is 777 g/mol. The van der Waals surface area contributed by atoms with Crippen LogP contribution in [0.4, 0.5) is 0 Å². The van der Waals surface area contributed by atoms with E-state index in [0.29, 0.717) is 29.4 Å². The summed E-state index contributed by atoms with van der Waals surface area (Å²) < 4.78 is 5.71. The topological polar surface area (TPSA) is 87.0 Å². The van der Waals surface area contributed by atoms with Crippen LogP contribution in [-0.4, -0.2) is 21.3 Å². The number of benzene rings is 4. The van der Waals surface area contributed by atoms with Crippen molar-refractivity contribution in [2.75, 3.05) is 0 Å². The van der Waals surface area contributed by atoms with Gasteiger partial charge in [0.05, 0.1) is 0 Å². The van der Waals surface area contributed by atoms with E-state index in [0.717, 1.165) is 68.5 Å². The standard InChI is InChI=1S/C26H34O3.C26H38O2/c1-10-22(27)29-24-19(12-17(3)14-21(24)26(7,8)9)15-18-11-16(2)13-20(23(18)28)25(4,5)6;1-10-11-18(19-14-21(25(4,5)6)23(27)12-16(19)2)20-15-22(26(7,8)9)24(28)13-17(20)3/h10-14,28H,1,15H2,2-9H3;12-15,18,27-28H,10-11H2,1-9H3. The molecular weight excluding hydrogens is 705 g/mol. The number of esters is 1. The molecule has 0 radical (unpaired) electrons. The highest BCUT2D eigenvalue weighted by molar-refractivity contribution is 5.84. The highest BCUT2D eigenvalue weighted by Gasteiger charge is 2.28. The van der Waals surface area contributed by atoms with Crippen LogP contribution in [0.2, 0.25) is 0 Å². The van der Waals surface area contributed by atoms with Crippen molar-refractivity contribution in [2.45, 2.75) is 165 Å². The molecule has 4 aromatic rings. The molecule has 0 saturated carbocycles. The number of rotatable bonds is 8. The van der Waals surface area contributed by atoms with E-state index in [-0.39, 0.29) is 27.6 Å². The van der Waals surface area contributed by atoms with Crippen LogP contribution < -0.4 is 4.74 Å². The number of hydrogen-bond acceptors (Lipinski definition) is 5. The van der Waals surface area contributed by atoms with Gasteiger partial charge in [-0.1, -0.05) is 151 Å². The third-order valence-electron chi connectivity index (χ3n) is 10.7. The van der Waals surface area contributed by atoms with E-state index in [1.54, 1.807) is 0 Å². The zero-order valence-electron chi connectivity index (χ0n) is 38.3. The number of carbonyl (C=O) groups excluding carboxylic acids is 1. The maximum absolute atomic E-state index is 12.1. The minimum Gasteiger partial charge on any atom is -0.508 e. The van der Waals surface area contributed by atoms with Crippen molar-refractivity contribution in [3.8, 4) is 23.0 Å². The van der Waals surface area contributed by atoms with Crippen LogP contribution in [-0.2, 0) is 32.9 Å². The highest BCUT2D eigenvalue weighted by Crippen LogP contribution is 2.43. The van der Waals surface area contributed by atoms with Crippen molar-refractivity contribution in [3.63, 3.8) is 0 Å². The molecule has 57 heavy (non-hydrogen) atoms. The maximum atomic E-state index is 12.1. The van der Waals surface area contributed by atoms with E-state index < -0.39 is 5.97 Å². The van der Waals surface area contributed by atoms with Crippen LogP contribution in [0.25, 0.3) is 0 Å². The number of aromatic hydroxyl groups is 3. The Kier molecular flexibility index (Phi) is 14.4. The van der Waals surface area contributed by atoms with Crippen LogP contribution in [0, 0.1) is 27.7 Å². The number of phenols is 3. The number of phenolic OH excluding ortho intramolecular Hbond substituents is 3. The molecule has 0 aromatic heterocycles. The number of ether oxygens (including phenoxy) is 1. The van der Waals surface area contributed by atoms with Crippen LogP contribution >= 0.6 is 0 Å². The normalized spacial score (nSPS) is 12.3. The second-order valence-electron chi connectivity index (χ2n) is 20.2. The summed E-state index contributed by atoms with van der Waals surface area (Å²) in [6.45, 7) is 39.4. The van der Waals surface area contributed by atoms with Crippen LogP contribution in [0.15, 0.2) is 61.2 Å². The summed E-state index contributed by atoms with van der Waals surface area (Å²) in [4.78, 5) is 12.1. The summed E-state index contributed by atoms with van der Waals surface area (Å²) in [6.07, 6.45) is 3.75. The summed E-state index contributed by atoms with van der Waals surface area (Å²) in [5, 5.41) is 32.1. The van der Waals surface area contributed by atoms with E-state index in [4.69, 9.17) is 4.74 Å². The van der Waals surface area contributed by atoms with Crippen LogP contribution in [0.3, 0.4) is 0 Å². The Morgan fingerprint density at radius 3 is 1.40 bits per heavy atom. The molecular formula is C52H72O5. The molecule has 0 heterocycles. The van der Waals surface area contributed by atoms with Crippen molar-refractivity contribution < 1.29 is 24.9 Å². The predicted molar refractivity (Wildman–Crippen MR) is 240 cm³/mol. The van der Waals surface area contributed by atoms with E-state index in [1.807, 2.05) is 44.2 Å². The molecule has 0 amide bonds. The summed E-state index contributed by atoms with van der Waals surface area (Å²) >= 11 is 0. The molecule has 0 aliphatic heterocycles. The average Bonchev–Trinajstić information content (AvgIpc) is 3.04. The highest BCUT2D eigenvalue weighted by atomic mass is 16.5. The molecule has 0 aliphatic rings. The van der Waals surface area contributed by atoms with Gasteiger partial charge in [-0.05, 0) is 118 Å². The molecule has 0 atom stereocenters. The molecule has 3 N–H and O–H groups in total. The molecule has 5 heteroatoms. The van der Waals surface area contributed by atoms with Gasteiger partial charge in [0, 0.05) is 24.0 Å². The minimum absolute atomic E-state index is 0.121. The van der Waals surface area contributed by atoms with Crippen LogP contribution in [0.1, 0.15) is 176 Å². The van der Waals surface area contributed by atoms with Gasteiger partial charge in [0.2, 0.25) is 0 Å². The molecule has 0 saturated heterocycles. The Morgan fingerprint density at radius 2 is 1.02 bits per heavy atom. The summed E-state index contributed by atoms with van der Waals surface area (Å²) in [5.41, 5.74) is 11.9. The first kappa shape index (κ1) is 46.9. The zero-order chi connectivity index (χ0) is 43.6. The van der Waals surface area contributed by atoms with E-state index >= 15 is 0 Å². The third-order valence-corrected chi connectivity index (χ3v) is 10.7. The average molecular weight is 777 g/mol. The lowest BCUT2D eigenvalue weighted by Crippen LogP contribution is -2.17. The SMILES string of the molecule is C=CC(=O)Oc1c(Cc2cc(C)cc(C(C)(C)C)c2O)cc(C)cc1C(C)(C)C.CCCC(c1cc(C(C)(C)C)c(O)cc1C)c1cc(C(C)(C)C)c(O)cc1C. The fourth-order valence-electron chi connectivity index (χ4n) is 7.70. The lowest BCUT2D eigenvalue weighted by atomic mass is 9.76. The third kappa shape index (κ3) is 11.6. The second-order valence-corrected chi connectivity index (χ2v) is 20.2. The molecule has 0 spiro atoms. The Balaban J connectivity index is 0.000000306. The number of aryl methyl sites for hydroxylation is 4. The van der Waals surface area contributed by atoms with Gasteiger partial charge in [0.15, 0.2) is 0 Å². The fraction of sp³-hybridized carbons (Fsp3) is 0.481. The molecule has 0 fully saturated rings. The Bertz CT molecular complexity index is 2020. The summed E-state index contributed by atoms with van der Waals surface area (Å²) in [6, 6.07) is 16.4. The molecule has 4 aromatic carbocycles. The quantitative estimate of drug-likeness (QED) is 0.0942. The van der Waals surface area contributed by atoms with Gasteiger partial charge in [0.1, 0.15) is 23.0 Å². The van der Waals surface area contributed by atoms with Gasteiger partial charge in [0.25, 0.3) is 0 Å². The van der Waals surface area contributed by atoms with E-state index in [2.05, 4.69) is 129 Å². The van der Waals surface area contributed by atoms with Gasteiger partial charge >= 0.3 is 5.97 Å². The Hall–Kier alpha value is -4.51. The minimum atomic E-state index is -0.482. The first-order valence-corrected chi connectivity index (χ1v) is 20.5. The van der Waals surface area contributed by atoms with Gasteiger partial charge in [-0.3, -0.25) is 0 Å². The van der Waals surface area contributed by atoms with Crippen molar-refractivity contribution in [3.05, 3.63) is 128 Å². The zero-order valence-corrected chi connectivity index (χ0v) is 38.3. The van der Waals surface area contributed by atoms with Crippen molar-refractivity contribution >= 4 is 5.97 Å². The van der Waals surface area contributed by atoms with E-state index in [1.165, 1.54) is 17.2 Å². The lowest BCUT2D eigenvalue weighted by Gasteiger charge is -2.29. The molecule has 5 nitrogen and oxygen atoms in total. The first-order valence-electron chi connectivity index (χ1n) is 20.5. The molecule has 4 rings (SSSR count). The Morgan fingerprint density at radius 1 is 0.614 bits per heavy atom. The van der Waals surface area contributed by atoms with Gasteiger partial charge in [-0.15, -0.1) is 0 Å². The smallest absolute Gasteiger partial charge is 0.335 e. The molecule has 0 unspecified atom stereocenters. The maximum Gasteiger partial charge on any atom is 0.335 e. The van der Waals surface area contributed by atoms with Crippen molar-refractivity contribution in [2.24, 2.45) is 0 Å². The van der Waals surface area contributed by atoms with Gasteiger partial charge in [-0.2, -0.15) is 0 Å². The molecule has 0 aliphatic carbocycles. The van der Waals surface area contributed by atoms with Crippen molar-refractivity contribution in [1.82, 2.24) is 0 Å². The fourth-order valence-corrected chi connectivity index (χ4v) is 7.70. The number of hydrogen-bond donors (Lipinski definition) is 3. The lowest BCUT2D eigenvalue weighted by molar-refractivity contribution is -0.129. The molecule has 310 valence electrons. The summed E-state index contributed by atoms with van der Waals surface area (Å²) in [5.74, 6) is 1.38. The first-order chi connectivity index (χ1) is 26.0.